The van der Waals surface area contributed by atoms with E-state index in [1.165, 1.54) is 0 Å². The van der Waals surface area contributed by atoms with Gasteiger partial charge in [-0.15, -0.1) is 0 Å². The van der Waals surface area contributed by atoms with E-state index in [9.17, 15) is 5.11 Å². The monoisotopic (exact) mass is 254 g/mol. The lowest BCUT2D eigenvalue weighted by Gasteiger charge is -2.32. The van der Waals surface area contributed by atoms with Crippen molar-refractivity contribution in [3.63, 3.8) is 0 Å². The van der Waals surface area contributed by atoms with Crippen LogP contribution in [-0.4, -0.2) is 27.5 Å². The molecule has 0 fully saturated rings. The fourth-order valence-electron chi connectivity index (χ4n) is 2.04. The van der Waals surface area contributed by atoms with Gasteiger partial charge in [0.1, 0.15) is 5.82 Å². The maximum atomic E-state index is 9.17. The number of hydrogen-bond donors (Lipinski definition) is 3. The minimum absolute atomic E-state index is 0.0474. The van der Waals surface area contributed by atoms with Crippen molar-refractivity contribution in [2.24, 2.45) is 12.5 Å². The third-order valence-corrected chi connectivity index (χ3v) is 3.27. The number of nitrogens with zero attached hydrogens (tertiary/aromatic N) is 2. The fraction of sp³-hybridized carbons (Fsp3) is 0.769. The molecule has 1 aromatic rings. The number of aliphatic hydroxyl groups excluding tert-OH is 1. The Labute approximate surface area is 109 Å². The van der Waals surface area contributed by atoms with E-state index < -0.39 is 0 Å². The highest BCUT2D eigenvalue weighted by molar-refractivity contribution is 5.65. The summed E-state index contributed by atoms with van der Waals surface area (Å²) in [6.45, 7) is 8.64. The molecule has 0 radical (unpaired) electrons. The lowest BCUT2D eigenvalue weighted by atomic mass is 9.85. The Kier molecular flexibility index (Phi) is 4.62. The molecule has 0 amide bonds. The molecule has 0 saturated heterocycles. The Balaban J connectivity index is 2.97. The molecule has 0 saturated carbocycles. The van der Waals surface area contributed by atoms with E-state index >= 15 is 0 Å². The molecule has 5 heteroatoms. The molecule has 0 aliphatic rings. The maximum Gasteiger partial charge on any atom is 0.148 e. The third-order valence-electron chi connectivity index (χ3n) is 3.27. The molecule has 4 N–H and O–H groups in total. The largest absolute Gasteiger partial charge is 0.396 e. The lowest BCUT2D eigenvalue weighted by molar-refractivity contribution is 0.235. The van der Waals surface area contributed by atoms with Crippen LogP contribution in [0.25, 0.3) is 0 Å². The van der Waals surface area contributed by atoms with Gasteiger partial charge in [0.2, 0.25) is 0 Å². The summed E-state index contributed by atoms with van der Waals surface area (Å²) in [5, 5.41) is 17.0. The Morgan fingerprint density at radius 1 is 1.44 bits per heavy atom. The third kappa shape index (κ3) is 3.16. The highest BCUT2D eigenvalue weighted by Gasteiger charge is 2.26. The summed E-state index contributed by atoms with van der Waals surface area (Å²) in [4.78, 5) is 0. The second-order valence-corrected chi connectivity index (χ2v) is 5.76. The van der Waals surface area contributed by atoms with Gasteiger partial charge in [0.15, 0.2) is 0 Å². The van der Waals surface area contributed by atoms with E-state index in [0.717, 1.165) is 17.9 Å². The average molecular weight is 254 g/mol. The van der Waals surface area contributed by atoms with E-state index in [1.54, 1.807) is 4.68 Å². The van der Waals surface area contributed by atoms with Crippen LogP contribution in [0.3, 0.4) is 0 Å². The summed E-state index contributed by atoms with van der Waals surface area (Å²) in [5.74, 6) is 0.847. The van der Waals surface area contributed by atoms with E-state index in [-0.39, 0.29) is 18.1 Å². The lowest BCUT2D eigenvalue weighted by Crippen LogP contribution is -2.35. The molecular formula is C13H26N4O. The van der Waals surface area contributed by atoms with Crippen molar-refractivity contribution >= 4 is 11.5 Å². The van der Waals surface area contributed by atoms with Crippen LogP contribution in [0.5, 0.6) is 0 Å². The van der Waals surface area contributed by atoms with Crippen molar-refractivity contribution in [2.75, 3.05) is 17.7 Å². The number of anilines is 2. The number of aryl methyl sites for hydroxylation is 2. The van der Waals surface area contributed by atoms with Gasteiger partial charge in [-0.1, -0.05) is 27.7 Å². The maximum absolute atomic E-state index is 9.17. The summed E-state index contributed by atoms with van der Waals surface area (Å²) >= 11 is 0. The van der Waals surface area contributed by atoms with Gasteiger partial charge in [0.25, 0.3) is 0 Å². The molecule has 104 valence electrons. The van der Waals surface area contributed by atoms with Crippen LogP contribution in [-0.2, 0) is 13.5 Å². The molecule has 0 aliphatic carbocycles. The van der Waals surface area contributed by atoms with Crippen LogP contribution >= 0.6 is 0 Å². The summed E-state index contributed by atoms with van der Waals surface area (Å²) < 4.78 is 1.78. The summed E-state index contributed by atoms with van der Waals surface area (Å²) in [6, 6.07) is 0.157. The minimum atomic E-state index is 0.0474. The van der Waals surface area contributed by atoms with Gasteiger partial charge in [-0.2, -0.15) is 5.10 Å². The van der Waals surface area contributed by atoms with Gasteiger partial charge >= 0.3 is 0 Å². The normalized spacial score (nSPS) is 13.7. The molecule has 0 aromatic carbocycles. The van der Waals surface area contributed by atoms with Crippen molar-refractivity contribution in [3.05, 3.63) is 5.69 Å². The van der Waals surface area contributed by atoms with Crippen LogP contribution in [0.4, 0.5) is 11.5 Å². The molecule has 1 heterocycles. The van der Waals surface area contributed by atoms with Crippen molar-refractivity contribution in [3.8, 4) is 0 Å². The fourth-order valence-corrected chi connectivity index (χ4v) is 2.04. The van der Waals surface area contributed by atoms with Crippen molar-refractivity contribution < 1.29 is 5.11 Å². The molecule has 0 aliphatic heterocycles. The first-order valence-electron chi connectivity index (χ1n) is 6.50. The van der Waals surface area contributed by atoms with Gasteiger partial charge in [0, 0.05) is 19.7 Å². The molecule has 1 aromatic heterocycles. The van der Waals surface area contributed by atoms with E-state index in [1.807, 2.05) is 14.0 Å². The molecule has 0 spiro atoms. The van der Waals surface area contributed by atoms with Gasteiger partial charge < -0.3 is 16.2 Å². The van der Waals surface area contributed by atoms with E-state index in [0.29, 0.717) is 12.1 Å². The number of aromatic nitrogens is 2. The van der Waals surface area contributed by atoms with Crippen LogP contribution in [0.15, 0.2) is 0 Å². The molecule has 1 unspecified atom stereocenters. The quantitative estimate of drug-likeness (QED) is 0.748. The van der Waals surface area contributed by atoms with Gasteiger partial charge in [0.05, 0.1) is 11.4 Å². The van der Waals surface area contributed by atoms with Crippen molar-refractivity contribution in [1.29, 1.82) is 0 Å². The molecule has 1 rings (SSSR count). The van der Waals surface area contributed by atoms with E-state index in [4.69, 9.17) is 5.73 Å². The first kappa shape index (κ1) is 14.8. The van der Waals surface area contributed by atoms with Crippen LogP contribution in [0, 0.1) is 5.41 Å². The number of rotatable bonds is 5. The van der Waals surface area contributed by atoms with Crippen LogP contribution < -0.4 is 11.1 Å². The van der Waals surface area contributed by atoms with Crippen LogP contribution in [0.2, 0.25) is 0 Å². The van der Waals surface area contributed by atoms with Crippen LogP contribution in [0.1, 0.15) is 39.8 Å². The molecule has 18 heavy (non-hydrogen) atoms. The van der Waals surface area contributed by atoms with Crippen molar-refractivity contribution in [1.82, 2.24) is 9.78 Å². The SMILES string of the molecule is CCc1nn(C)c(NC(CCO)C(C)(C)C)c1N. The second-order valence-electron chi connectivity index (χ2n) is 5.76. The zero-order chi connectivity index (χ0) is 13.9. The average Bonchev–Trinajstić information content (AvgIpc) is 2.54. The van der Waals surface area contributed by atoms with Gasteiger partial charge in [-0.3, -0.25) is 4.68 Å². The Hall–Kier alpha value is -1.23. The summed E-state index contributed by atoms with van der Waals surface area (Å²) in [6.07, 6.45) is 1.51. The predicted octanol–water partition coefficient (Wildman–Crippen LogP) is 1.77. The first-order chi connectivity index (χ1) is 8.31. The second kappa shape index (κ2) is 5.61. The standard InChI is InChI=1S/C13H26N4O/c1-6-9-11(14)12(17(5)16-9)15-10(7-8-18)13(2,3)4/h10,15,18H,6-8,14H2,1-5H3. The van der Waals surface area contributed by atoms with Gasteiger partial charge in [-0.25, -0.2) is 0 Å². The Morgan fingerprint density at radius 2 is 2.06 bits per heavy atom. The first-order valence-corrected chi connectivity index (χ1v) is 6.50. The molecule has 1 atom stereocenters. The summed E-state index contributed by atoms with van der Waals surface area (Å²) in [7, 11) is 1.89. The smallest absolute Gasteiger partial charge is 0.148 e. The number of nitrogen functional groups attached to an aromatic ring is 1. The number of aliphatic hydroxyl groups is 1. The van der Waals surface area contributed by atoms with E-state index in [2.05, 4.69) is 31.2 Å². The molecule has 5 nitrogen and oxygen atoms in total. The van der Waals surface area contributed by atoms with Crippen molar-refractivity contribution in [2.45, 2.75) is 46.6 Å². The minimum Gasteiger partial charge on any atom is -0.396 e. The predicted molar refractivity (Wildman–Crippen MR) is 75.6 cm³/mol. The Bertz CT molecular complexity index is 392. The molecule has 0 bridgehead atoms. The molecular weight excluding hydrogens is 228 g/mol. The zero-order valence-electron chi connectivity index (χ0n) is 12.1. The number of nitrogens with one attached hydrogen (secondary N) is 1. The topological polar surface area (TPSA) is 76.1 Å². The number of hydrogen-bond acceptors (Lipinski definition) is 4. The Morgan fingerprint density at radius 3 is 2.44 bits per heavy atom. The highest BCUT2D eigenvalue weighted by Crippen LogP contribution is 2.29. The highest BCUT2D eigenvalue weighted by atomic mass is 16.3. The van der Waals surface area contributed by atoms with Gasteiger partial charge in [-0.05, 0) is 18.3 Å². The number of nitrogens with two attached hydrogens (primary N) is 1. The zero-order valence-corrected chi connectivity index (χ0v) is 12.1. The summed E-state index contributed by atoms with van der Waals surface area (Å²) in [5.41, 5.74) is 7.77.